The molecule has 0 saturated heterocycles. The first-order valence-corrected chi connectivity index (χ1v) is 5.47. The predicted molar refractivity (Wildman–Crippen MR) is 70.4 cm³/mol. The van der Waals surface area contributed by atoms with Gasteiger partial charge in [-0.3, -0.25) is 4.79 Å². The molecule has 0 fully saturated rings. The molecule has 0 aliphatic carbocycles. The molecule has 2 aromatic carbocycles. The second-order valence-corrected chi connectivity index (χ2v) is 3.82. The number of anilines is 1. The summed E-state index contributed by atoms with van der Waals surface area (Å²) in [5.41, 5.74) is 0.250. The summed E-state index contributed by atoms with van der Waals surface area (Å²) in [6.07, 6.45) is 0. The van der Waals surface area contributed by atoms with Crippen molar-refractivity contribution in [1.29, 1.82) is 0 Å². The van der Waals surface area contributed by atoms with E-state index >= 15 is 0 Å². The first-order valence-electron chi connectivity index (χ1n) is 5.47. The van der Waals surface area contributed by atoms with Crippen LogP contribution in [0.25, 0.3) is 0 Å². The van der Waals surface area contributed by atoms with E-state index in [9.17, 15) is 19.8 Å². The van der Waals surface area contributed by atoms with Crippen LogP contribution in [0.4, 0.5) is 5.69 Å². The monoisotopic (exact) mass is 295 g/mol. The number of carbonyl (C=O) groups excluding carboxylic acids is 2. The van der Waals surface area contributed by atoms with Crippen molar-refractivity contribution in [3.63, 3.8) is 0 Å². The van der Waals surface area contributed by atoms with Crippen LogP contribution in [0.5, 0.6) is 5.75 Å². The van der Waals surface area contributed by atoms with Crippen molar-refractivity contribution < 1.29 is 19.8 Å². The first kappa shape index (κ1) is 16.5. The number of hydrogen-bond donors (Lipinski definition) is 1. The Balaban J connectivity index is 0.00000200. The van der Waals surface area contributed by atoms with Crippen LogP contribution in [-0.4, -0.2) is 49.6 Å². The Hall–Kier alpha value is -1.56. The van der Waals surface area contributed by atoms with E-state index in [4.69, 9.17) is 0 Å². The van der Waals surface area contributed by atoms with Gasteiger partial charge in [0, 0.05) is 11.3 Å². The van der Waals surface area contributed by atoms with Crippen LogP contribution in [0.15, 0.2) is 48.5 Å². The molecular formula is C14H9CaNO4. The van der Waals surface area contributed by atoms with Gasteiger partial charge in [-0.15, -0.1) is 0 Å². The number of benzene rings is 2. The maximum atomic E-state index is 11.8. The summed E-state index contributed by atoms with van der Waals surface area (Å²) >= 11 is 0. The number of amides is 1. The average Bonchev–Trinajstić information content (AvgIpc) is 2.39. The van der Waals surface area contributed by atoms with E-state index in [1.807, 2.05) is 0 Å². The van der Waals surface area contributed by atoms with Gasteiger partial charge in [-0.25, -0.2) is 0 Å². The topological polar surface area (TPSA) is 92.3 Å². The molecule has 0 saturated carbocycles. The van der Waals surface area contributed by atoms with Gasteiger partial charge in [0.15, 0.2) is 0 Å². The second-order valence-electron chi connectivity index (χ2n) is 3.82. The third-order valence-electron chi connectivity index (χ3n) is 2.50. The Kier molecular flexibility index (Phi) is 6.01. The molecule has 1 N–H and O–H groups in total. The zero-order valence-electron chi connectivity index (χ0n) is 10.5. The maximum absolute atomic E-state index is 11.8. The van der Waals surface area contributed by atoms with Crippen molar-refractivity contribution in [2.45, 2.75) is 0 Å². The number of aromatic carboxylic acids is 1. The Labute approximate surface area is 145 Å². The van der Waals surface area contributed by atoms with Crippen LogP contribution in [0.1, 0.15) is 20.7 Å². The Morgan fingerprint density at radius 1 is 1.00 bits per heavy atom. The number of carboxylic acids is 1. The number of carbonyl (C=O) groups is 2. The summed E-state index contributed by atoms with van der Waals surface area (Å²) in [6.45, 7) is 0. The summed E-state index contributed by atoms with van der Waals surface area (Å²) in [6, 6.07) is 12.0. The van der Waals surface area contributed by atoms with E-state index < -0.39 is 17.3 Å². The normalized spacial score (nSPS) is 9.40. The molecule has 0 unspecified atom stereocenters. The molecule has 2 aromatic rings. The molecule has 0 heterocycles. The fraction of sp³-hybridized carbons (Fsp3) is 0. The Morgan fingerprint density at radius 3 is 2.20 bits per heavy atom. The summed E-state index contributed by atoms with van der Waals surface area (Å²) in [4.78, 5) is 22.4. The molecular weight excluding hydrogens is 286 g/mol. The summed E-state index contributed by atoms with van der Waals surface area (Å²) in [7, 11) is 0. The van der Waals surface area contributed by atoms with Crippen molar-refractivity contribution in [2.24, 2.45) is 0 Å². The van der Waals surface area contributed by atoms with Crippen LogP contribution in [-0.2, 0) is 0 Å². The molecule has 0 aliphatic heterocycles. The quantitative estimate of drug-likeness (QED) is 0.806. The van der Waals surface area contributed by atoms with Crippen LogP contribution in [0.2, 0.25) is 0 Å². The first-order chi connectivity index (χ1) is 9.08. The van der Waals surface area contributed by atoms with Gasteiger partial charge >= 0.3 is 37.7 Å². The molecule has 0 atom stereocenters. The largest absolute Gasteiger partial charge is 2.00 e. The van der Waals surface area contributed by atoms with E-state index in [0.29, 0.717) is 5.56 Å². The van der Waals surface area contributed by atoms with Crippen LogP contribution < -0.4 is 15.5 Å². The fourth-order valence-electron chi connectivity index (χ4n) is 1.56. The number of hydrogen-bond acceptors (Lipinski definition) is 4. The van der Waals surface area contributed by atoms with Gasteiger partial charge in [-0.1, -0.05) is 30.0 Å². The van der Waals surface area contributed by atoms with Gasteiger partial charge in [0.2, 0.25) is 0 Å². The number of rotatable bonds is 3. The van der Waals surface area contributed by atoms with Crippen molar-refractivity contribution in [3.8, 4) is 5.75 Å². The Bertz CT molecular complexity index is 628. The average molecular weight is 295 g/mol. The molecule has 0 spiro atoms. The van der Waals surface area contributed by atoms with Gasteiger partial charge in [0.1, 0.15) is 0 Å². The molecule has 2 rings (SSSR count). The smallest absolute Gasteiger partial charge is 0.872 e. The van der Waals surface area contributed by atoms with Crippen molar-refractivity contribution in [2.75, 3.05) is 5.32 Å². The minimum absolute atomic E-state index is 0. The molecule has 0 bridgehead atoms. The Morgan fingerprint density at radius 2 is 1.65 bits per heavy atom. The molecule has 5 nitrogen and oxygen atoms in total. The summed E-state index contributed by atoms with van der Waals surface area (Å²) < 4.78 is 0. The zero-order valence-corrected chi connectivity index (χ0v) is 12.7. The maximum Gasteiger partial charge on any atom is 2.00 e. The van der Waals surface area contributed by atoms with Gasteiger partial charge in [0.25, 0.3) is 5.91 Å². The molecule has 0 aromatic heterocycles. The van der Waals surface area contributed by atoms with Crippen LogP contribution in [0.3, 0.4) is 0 Å². The fourth-order valence-corrected chi connectivity index (χ4v) is 1.56. The SMILES string of the molecule is O=C(Nc1ccc(C(=O)[O-])c([O-])c1)c1ccccc1.[Ca+2]. The van der Waals surface area contributed by atoms with Gasteiger partial charge < -0.3 is 20.3 Å². The minimum Gasteiger partial charge on any atom is -0.872 e. The third-order valence-corrected chi connectivity index (χ3v) is 2.50. The van der Waals surface area contributed by atoms with Gasteiger partial charge in [-0.05, 0) is 29.8 Å². The third kappa shape index (κ3) is 3.96. The van der Waals surface area contributed by atoms with Gasteiger partial charge in [-0.2, -0.15) is 0 Å². The number of nitrogens with one attached hydrogen (secondary N) is 1. The van der Waals surface area contributed by atoms with Crippen molar-refractivity contribution in [3.05, 3.63) is 59.7 Å². The zero-order chi connectivity index (χ0) is 13.8. The van der Waals surface area contributed by atoms with Crippen LogP contribution >= 0.6 is 0 Å². The summed E-state index contributed by atoms with van der Waals surface area (Å²) in [5, 5.41) is 24.5. The van der Waals surface area contributed by atoms with Crippen molar-refractivity contribution >= 4 is 55.3 Å². The van der Waals surface area contributed by atoms with E-state index in [2.05, 4.69) is 5.32 Å². The molecule has 1 amide bonds. The molecule has 6 heteroatoms. The molecule has 20 heavy (non-hydrogen) atoms. The molecule has 96 valence electrons. The van der Waals surface area contributed by atoms with Gasteiger partial charge in [0.05, 0.1) is 5.97 Å². The summed E-state index contributed by atoms with van der Waals surface area (Å²) in [5.74, 6) is -2.61. The van der Waals surface area contributed by atoms with E-state index in [-0.39, 0.29) is 49.3 Å². The standard InChI is InChI=1S/C14H11NO4.Ca/c16-12-8-10(6-7-11(12)14(18)19)15-13(17)9-4-2-1-3-5-9;/h1-8,16H,(H,15,17)(H,18,19);/q;+2/p-2. The number of carboxylic acid groups (broad SMARTS) is 1. The van der Waals surface area contributed by atoms with Crippen molar-refractivity contribution in [1.82, 2.24) is 0 Å². The van der Waals surface area contributed by atoms with Crippen LogP contribution in [0, 0.1) is 0 Å². The van der Waals surface area contributed by atoms with E-state index in [1.54, 1.807) is 30.3 Å². The molecule has 0 aliphatic rings. The van der Waals surface area contributed by atoms with E-state index in [0.717, 1.165) is 12.1 Å². The predicted octanol–water partition coefficient (Wildman–Crippen LogP) is -0.00480. The minimum atomic E-state index is -1.54. The second kappa shape index (κ2) is 7.28. The van der Waals surface area contributed by atoms with E-state index in [1.165, 1.54) is 6.07 Å². The molecule has 0 radical (unpaired) electrons.